The summed E-state index contributed by atoms with van der Waals surface area (Å²) in [6.07, 6.45) is 4.82. The average molecular weight is 429 g/mol. The molecule has 0 heterocycles. The van der Waals surface area contributed by atoms with Crippen molar-refractivity contribution >= 4 is 6.08 Å². The zero-order valence-electron chi connectivity index (χ0n) is 13.0. The van der Waals surface area contributed by atoms with E-state index in [9.17, 15) is 0 Å². The predicted octanol–water partition coefficient (Wildman–Crippen LogP) is 5.27. The van der Waals surface area contributed by atoms with Crippen LogP contribution in [0.15, 0.2) is 50.4 Å². The zero-order valence-corrected chi connectivity index (χ0v) is 16.6. The molecule has 3 rings (SSSR count). The van der Waals surface area contributed by atoms with Crippen LogP contribution >= 0.6 is 0 Å². The first-order valence-corrected chi connectivity index (χ1v) is 11.0. The molecular weight excluding hydrogens is 407 g/mol. The molecule has 2 unspecified atom stereocenters. The molecule has 2 atom stereocenters. The minimum absolute atomic E-state index is 0.354. The topological polar surface area (TPSA) is 0 Å². The number of benzene rings is 1. The second-order valence-electron chi connectivity index (χ2n) is 6.32. The number of fused-ring (bicyclic) bond motifs is 1. The summed E-state index contributed by atoms with van der Waals surface area (Å²) in [4.78, 5) is 0. The third kappa shape index (κ3) is 2.06. The van der Waals surface area contributed by atoms with Crippen LogP contribution in [-0.4, -0.2) is 0 Å². The summed E-state index contributed by atoms with van der Waals surface area (Å²) in [5, 5.41) is 0. The van der Waals surface area contributed by atoms with E-state index in [1.54, 1.807) is 22.3 Å². The summed E-state index contributed by atoms with van der Waals surface area (Å²) in [6.45, 7) is 11.8. The van der Waals surface area contributed by atoms with Gasteiger partial charge in [0.05, 0.1) is 0 Å². The van der Waals surface area contributed by atoms with Crippen molar-refractivity contribution in [3.63, 3.8) is 0 Å². The normalized spacial score (nSPS) is 28.4. The van der Waals surface area contributed by atoms with E-state index in [4.69, 9.17) is 0 Å². The van der Waals surface area contributed by atoms with Crippen LogP contribution in [0.25, 0.3) is 6.08 Å². The quantitative estimate of drug-likeness (QED) is 0.563. The first-order valence-electron chi connectivity index (χ1n) is 7.39. The van der Waals surface area contributed by atoms with Crippen LogP contribution < -0.4 is 0 Å². The van der Waals surface area contributed by atoms with Crippen molar-refractivity contribution in [2.24, 2.45) is 5.92 Å². The molecule has 0 saturated heterocycles. The Balaban J connectivity index is 1.97. The van der Waals surface area contributed by atoms with E-state index in [1.807, 2.05) is 3.33 Å². The number of rotatable bonds is 2. The molecule has 102 valence electrons. The van der Waals surface area contributed by atoms with Gasteiger partial charge in [0.15, 0.2) is 0 Å². The van der Waals surface area contributed by atoms with E-state index >= 15 is 0 Å². The van der Waals surface area contributed by atoms with Gasteiger partial charge < -0.3 is 0 Å². The van der Waals surface area contributed by atoms with E-state index in [0.29, 0.717) is 9.09 Å². The summed E-state index contributed by atoms with van der Waals surface area (Å²) >= 11 is -0.944. The van der Waals surface area contributed by atoms with Gasteiger partial charge in [-0.2, -0.15) is 0 Å². The fourth-order valence-corrected chi connectivity index (χ4v) is 10.2. The second-order valence-corrected chi connectivity index (χ2v) is 12.9. The molecule has 0 spiro atoms. The van der Waals surface area contributed by atoms with E-state index in [0.717, 1.165) is 0 Å². The Hall–Kier alpha value is -0.690. The Kier molecular flexibility index (Phi) is 3.52. The van der Waals surface area contributed by atoms with Gasteiger partial charge >= 0.3 is 134 Å². The fourth-order valence-electron chi connectivity index (χ4n) is 3.42. The van der Waals surface area contributed by atoms with Gasteiger partial charge in [-0.05, 0) is 0 Å². The molecule has 2 aliphatic rings. The molecule has 0 nitrogen and oxygen atoms in total. The van der Waals surface area contributed by atoms with Crippen LogP contribution in [0.2, 0.25) is 0 Å². The molecular formula is C19H22Hf. The van der Waals surface area contributed by atoms with Crippen LogP contribution in [0.3, 0.4) is 0 Å². The third-order valence-electron chi connectivity index (χ3n) is 5.15. The molecule has 0 saturated carbocycles. The molecule has 0 N–H and O–H groups in total. The Labute approximate surface area is 134 Å². The van der Waals surface area contributed by atoms with Gasteiger partial charge in [0.2, 0.25) is 0 Å². The molecule has 1 aromatic rings. The standard InChI is InChI=1S/C10H9.C9H13.Hf/c1-8-6-7-9-4-2-3-5-10(8)9;1-6-5-7(2)9(4)8(6)3;/h2-7H,1H3;6H,1-4H3;. The van der Waals surface area contributed by atoms with Crippen molar-refractivity contribution in [3.8, 4) is 0 Å². The average Bonchev–Trinajstić information content (AvgIpc) is 2.87. The van der Waals surface area contributed by atoms with Crippen molar-refractivity contribution in [2.45, 2.75) is 37.8 Å². The third-order valence-corrected chi connectivity index (χ3v) is 12.5. The monoisotopic (exact) mass is 430 g/mol. The summed E-state index contributed by atoms with van der Waals surface area (Å²) in [5.74, 6) is 0.691. The molecule has 0 radical (unpaired) electrons. The van der Waals surface area contributed by atoms with Gasteiger partial charge in [-0.3, -0.25) is 0 Å². The van der Waals surface area contributed by atoms with Gasteiger partial charge in [0.25, 0.3) is 0 Å². The first kappa shape index (κ1) is 14.3. The van der Waals surface area contributed by atoms with Gasteiger partial charge in [0, 0.05) is 0 Å². The SMILES string of the molecule is CC1=C(C)C(C)[C]([Hf][C]2(C)C=Cc3ccccc32)=C1C. The molecule has 0 amide bonds. The molecule has 0 aromatic heterocycles. The van der Waals surface area contributed by atoms with E-state index in [2.05, 4.69) is 71.0 Å². The molecule has 0 fully saturated rings. The maximum atomic E-state index is 2.48. The summed E-state index contributed by atoms with van der Waals surface area (Å²) < 4.78 is 2.18. The number of hydrogen-bond donors (Lipinski definition) is 0. The van der Waals surface area contributed by atoms with Gasteiger partial charge in [-0.25, -0.2) is 0 Å². The van der Waals surface area contributed by atoms with Crippen LogP contribution in [0.5, 0.6) is 0 Å². The summed E-state index contributed by atoms with van der Waals surface area (Å²) in [6, 6.07) is 8.95. The van der Waals surface area contributed by atoms with Crippen LogP contribution in [-0.2, 0) is 26.1 Å². The Morgan fingerprint density at radius 3 is 2.40 bits per heavy atom. The van der Waals surface area contributed by atoms with Crippen molar-refractivity contribution in [1.82, 2.24) is 0 Å². The van der Waals surface area contributed by atoms with Gasteiger partial charge in [-0.1, -0.05) is 0 Å². The van der Waals surface area contributed by atoms with Crippen LogP contribution in [0, 0.1) is 5.92 Å². The fraction of sp³-hybridized carbons (Fsp3) is 0.368. The molecule has 20 heavy (non-hydrogen) atoms. The molecule has 0 aliphatic heterocycles. The van der Waals surface area contributed by atoms with Gasteiger partial charge in [0.1, 0.15) is 0 Å². The van der Waals surface area contributed by atoms with Crippen molar-refractivity contribution in [3.05, 3.63) is 61.5 Å². The zero-order chi connectivity index (χ0) is 14.5. The van der Waals surface area contributed by atoms with Crippen molar-refractivity contribution < 1.29 is 22.9 Å². The van der Waals surface area contributed by atoms with Gasteiger partial charge in [-0.15, -0.1) is 0 Å². The number of allylic oxidation sites excluding steroid dienone is 5. The minimum atomic E-state index is -0.944. The van der Waals surface area contributed by atoms with E-state index in [1.165, 1.54) is 5.56 Å². The van der Waals surface area contributed by atoms with Crippen LogP contribution in [0.1, 0.15) is 45.7 Å². The molecule has 2 aliphatic carbocycles. The summed E-state index contributed by atoms with van der Waals surface area (Å²) in [5.41, 5.74) is 7.77. The van der Waals surface area contributed by atoms with Crippen molar-refractivity contribution in [1.29, 1.82) is 0 Å². The summed E-state index contributed by atoms with van der Waals surface area (Å²) in [7, 11) is 0. The molecule has 1 aromatic carbocycles. The Bertz CT molecular complexity index is 660. The van der Waals surface area contributed by atoms with E-state index in [-0.39, 0.29) is 0 Å². The van der Waals surface area contributed by atoms with E-state index < -0.39 is 22.9 Å². The Morgan fingerprint density at radius 1 is 1.05 bits per heavy atom. The maximum absolute atomic E-state index is 2.48. The second kappa shape index (κ2) is 4.94. The Morgan fingerprint density at radius 2 is 1.75 bits per heavy atom. The van der Waals surface area contributed by atoms with Crippen molar-refractivity contribution in [2.75, 3.05) is 0 Å². The molecule has 1 heteroatoms. The number of hydrogen-bond acceptors (Lipinski definition) is 0. The molecule has 0 bridgehead atoms. The van der Waals surface area contributed by atoms with Crippen LogP contribution in [0.4, 0.5) is 0 Å². The predicted molar refractivity (Wildman–Crippen MR) is 83.1 cm³/mol. The first-order chi connectivity index (χ1) is 9.44.